The average Bonchev–Trinajstić information content (AvgIpc) is 2.52. The zero-order valence-corrected chi connectivity index (χ0v) is 12.4. The molecule has 1 aliphatic rings. The Hall–Kier alpha value is -1.42. The van der Waals surface area contributed by atoms with Crippen LogP contribution in [0.25, 0.3) is 0 Å². The fraction of sp³-hybridized carbons (Fsp3) is 0.625. The largest absolute Gasteiger partial charge is 0.493 e. The minimum Gasteiger partial charge on any atom is -0.493 e. The highest BCUT2D eigenvalue weighted by Gasteiger charge is 2.18. The number of aliphatic hydroxyl groups is 1. The molecular weight excluding hydrogens is 256 g/mol. The molecule has 0 aliphatic heterocycles. The van der Waals surface area contributed by atoms with Crippen molar-refractivity contribution in [3.8, 4) is 17.2 Å². The van der Waals surface area contributed by atoms with Gasteiger partial charge in [0.2, 0.25) is 5.75 Å². The summed E-state index contributed by atoms with van der Waals surface area (Å²) in [6, 6.07) is 3.58. The van der Waals surface area contributed by atoms with Crippen molar-refractivity contribution < 1.29 is 19.3 Å². The summed E-state index contributed by atoms with van der Waals surface area (Å²) in [5.41, 5.74) is 0.753. The molecule has 0 aromatic heterocycles. The van der Waals surface area contributed by atoms with Crippen molar-refractivity contribution in [1.29, 1.82) is 0 Å². The lowest BCUT2D eigenvalue weighted by molar-refractivity contribution is 0.195. The van der Waals surface area contributed by atoms with E-state index in [4.69, 9.17) is 14.2 Å². The maximum Gasteiger partial charge on any atom is 0.203 e. The third kappa shape index (κ3) is 3.57. The van der Waals surface area contributed by atoms with E-state index in [1.165, 1.54) is 32.1 Å². The first-order valence-corrected chi connectivity index (χ1v) is 7.27. The van der Waals surface area contributed by atoms with Gasteiger partial charge in [-0.05, 0) is 36.5 Å². The molecule has 1 saturated carbocycles. The summed E-state index contributed by atoms with van der Waals surface area (Å²) in [4.78, 5) is 0. The molecule has 2 rings (SSSR count). The van der Waals surface area contributed by atoms with Gasteiger partial charge in [0.25, 0.3) is 0 Å². The molecule has 0 saturated heterocycles. The summed E-state index contributed by atoms with van der Waals surface area (Å²) in [5.74, 6) is 2.49. The summed E-state index contributed by atoms with van der Waals surface area (Å²) in [6.45, 7) is 0.654. The van der Waals surface area contributed by atoms with Crippen LogP contribution < -0.4 is 14.2 Å². The number of ether oxygens (including phenoxy) is 3. The zero-order valence-electron chi connectivity index (χ0n) is 12.4. The molecule has 0 bridgehead atoms. The van der Waals surface area contributed by atoms with E-state index in [0.717, 1.165) is 5.56 Å². The third-order valence-electron chi connectivity index (χ3n) is 3.89. The van der Waals surface area contributed by atoms with E-state index in [1.807, 2.05) is 0 Å². The van der Waals surface area contributed by atoms with Crippen molar-refractivity contribution in [2.75, 3.05) is 20.8 Å². The molecule has 1 N–H and O–H groups in total. The first-order valence-electron chi connectivity index (χ1n) is 7.27. The Morgan fingerprint density at radius 3 is 2.15 bits per heavy atom. The Kier molecular flexibility index (Phi) is 5.53. The molecule has 1 aliphatic carbocycles. The van der Waals surface area contributed by atoms with Gasteiger partial charge in [-0.1, -0.05) is 19.3 Å². The van der Waals surface area contributed by atoms with Gasteiger partial charge in [-0.2, -0.15) is 0 Å². The van der Waals surface area contributed by atoms with Crippen molar-refractivity contribution in [3.05, 3.63) is 17.7 Å². The molecule has 1 aromatic rings. The highest BCUT2D eigenvalue weighted by Crippen LogP contribution is 2.39. The first-order chi connectivity index (χ1) is 9.78. The van der Waals surface area contributed by atoms with Crippen LogP contribution in [0.5, 0.6) is 17.2 Å². The van der Waals surface area contributed by atoms with Crippen LogP contribution in [0.15, 0.2) is 12.1 Å². The van der Waals surface area contributed by atoms with Gasteiger partial charge >= 0.3 is 0 Å². The minimum absolute atomic E-state index is 0.0460. The number of methoxy groups -OCH3 is 2. The van der Waals surface area contributed by atoms with E-state index in [9.17, 15) is 5.11 Å². The standard InChI is InChI=1S/C16H24O4/c1-18-14-8-13(10-17)9-15(19-2)16(14)20-11-12-6-4-3-5-7-12/h8-9,12,17H,3-7,10-11H2,1-2H3. The predicted octanol–water partition coefficient (Wildman–Crippen LogP) is 3.16. The predicted molar refractivity (Wildman–Crippen MR) is 77.5 cm³/mol. The molecule has 1 fully saturated rings. The summed E-state index contributed by atoms with van der Waals surface area (Å²) in [5, 5.41) is 9.25. The number of rotatable bonds is 6. The van der Waals surface area contributed by atoms with Gasteiger partial charge in [-0.15, -0.1) is 0 Å². The molecule has 1 aromatic carbocycles. The topological polar surface area (TPSA) is 47.9 Å². The van der Waals surface area contributed by atoms with E-state index in [2.05, 4.69) is 0 Å². The quantitative estimate of drug-likeness (QED) is 0.869. The number of hydrogen-bond acceptors (Lipinski definition) is 4. The normalized spacial score (nSPS) is 15.9. The van der Waals surface area contributed by atoms with Crippen LogP contribution in [-0.4, -0.2) is 25.9 Å². The van der Waals surface area contributed by atoms with Gasteiger partial charge in [0.15, 0.2) is 11.5 Å². The van der Waals surface area contributed by atoms with Crippen molar-refractivity contribution in [3.63, 3.8) is 0 Å². The molecule has 0 heterocycles. The van der Waals surface area contributed by atoms with Gasteiger partial charge in [0, 0.05) is 0 Å². The molecule has 0 radical (unpaired) electrons. The van der Waals surface area contributed by atoms with Gasteiger partial charge in [-0.25, -0.2) is 0 Å². The van der Waals surface area contributed by atoms with Crippen molar-refractivity contribution in [2.45, 2.75) is 38.7 Å². The van der Waals surface area contributed by atoms with E-state index in [-0.39, 0.29) is 6.61 Å². The van der Waals surface area contributed by atoms with E-state index >= 15 is 0 Å². The molecule has 0 unspecified atom stereocenters. The third-order valence-corrected chi connectivity index (χ3v) is 3.89. The summed E-state index contributed by atoms with van der Waals surface area (Å²) in [6.07, 6.45) is 6.41. The molecule has 4 heteroatoms. The molecule has 0 atom stereocenters. The Morgan fingerprint density at radius 1 is 1.05 bits per heavy atom. The van der Waals surface area contributed by atoms with E-state index < -0.39 is 0 Å². The van der Waals surface area contributed by atoms with Crippen LogP contribution in [0.2, 0.25) is 0 Å². The summed E-state index contributed by atoms with van der Waals surface area (Å²) in [7, 11) is 3.20. The molecule has 4 nitrogen and oxygen atoms in total. The lowest BCUT2D eigenvalue weighted by Gasteiger charge is -2.23. The highest BCUT2D eigenvalue weighted by molar-refractivity contribution is 5.53. The Bertz CT molecular complexity index is 399. The van der Waals surface area contributed by atoms with Crippen LogP contribution >= 0.6 is 0 Å². The smallest absolute Gasteiger partial charge is 0.203 e. The van der Waals surface area contributed by atoms with Gasteiger partial charge in [-0.3, -0.25) is 0 Å². The molecule has 0 amide bonds. The van der Waals surface area contributed by atoms with Crippen LogP contribution in [0, 0.1) is 5.92 Å². The molecule has 20 heavy (non-hydrogen) atoms. The van der Waals surface area contributed by atoms with Crippen molar-refractivity contribution >= 4 is 0 Å². The Morgan fingerprint density at radius 2 is 1.65 bits per heavy atom. The molecular formula is C16H24O4. The average molecular weight is 280 g/mol. The lowest BCUT2D eigenvalue weighted by atomic mass is 9.90. The van der Waals surface area contributed by atoms with Gasteiger partial charge in [0.1, 0.15) is 0 Å². The second-order valence-corrected chi connectivity index (χ2v) is 5.30. The number of hydrogen-bond donors (Lipinski definition) is 1. The van der Waals surface area contributed by atoms with Crippen molar-refractivity contribution in [1.82, 2.24) is 0 Å². The summed E-state index contributed by atoms with van der Waals surface area (Å²) < 4.78 is 16.7. The van der Waals surface area contributed by atoms with Crippen LogP contribution in [-0.2, 0) is 6.61 Å². The van der Waals surface area contributed by atoms with E-state index in [1.54, 1.807) is 26.4 Å². The molecule has 112 valence electrons. The Balaban J connectivity index is 2.11. The minimum atomic E-state index is -0.0460. The van der Waals surface area contributed by atoms with Gasteiger partial charge in [0.05, 0.1) is 27.4 Å². The monoisotopic (exact) mass is 280 g/mol. The van der Waals surface area contributed by atoms with E-state index in [0.29, 0.717) is 29.8 Å². The maximum absolute atomic E-state index is 9.25. The second kappa shape index (κ2) is 7.39. The fourth-order valence-corrected chi connectivity index (χ4v) is 2.72. The SMILES string of the molecule is COc1cc(CO)cc(OC)c1OCC1CCCCC1. The zero-order chi connectivity index (χ0) is 14.4. The fourth-order valence-electron chi connectivity index (χ4n) is 2.72. The second-order valence-electron chi connectivity index (χ2n) is 5.30. The van der Waals surface area contributed by atoms with Crippen molar-refractivity contribution in [2.24, 2.45) is 5.92 Å². The van der Waals surface area contributed by atoms with Crippen LogP contribution in [0.4, 0.5) is 0 Å². The lowest BCUT2D eigenvalue weighted by Crippen LogP contribution is -2.16. The summed E-state index contributed by atoms with van der Waals surface area (Å²) >= 11 is 0. The maximum atomic E-state index is 9.25. The van der Waals surface area contributed by atoms with Crippen LogP contribution in [0.1, 0.15) is 37.7 Å². The first kappa shape index (κ1) is 15.0. The number of aliphatic hydroxyl groups excluding tert-OH is 1. The molecule has 0 spiro atoms. The Labute approximate surface area is 120 Å². The van der Waals surface area contributed by atoms with Gasteiger partial charge < -0.3 is 19.3 Å². The number of benzene rings is 1. The highest BCUT2D eigenvalue weighted by atomic mass is 16.5. The van der Waals surface area contributed by atoms with Crippen LogP contribution in [0.3, 0.4) is 0 Å².